The maximum atomic E-state index is 13.5. The molecule has 1 aromatic carbocycles. The summed E-state index contributed by atoms with van der Waals surface area (Å²) in [5.74, 6) is -4.53. The molecule has 4 nitrogen and oxygen atoms in total. The third-order valence-electron chi connectivity index (χ3n) is 4.14. The van der Waals surface area contributed by atoms with Crippen molar-refractivity contribution in [2.75, 3.05) is 0 Å². The molecule has 0 fully saturated rings. The summed E-state index contributed by atoms with van der Waals surface area (Å²) in [7, 11) is 0. The summed E-state index contributed by atoms with van der Waals surface area (Å²) >= 11 is 0. The monoisotopic (exact) mass is 518 g/mol. The molecular weight excluding hydrogens is 508 g/mol. The van der Waals surface area contributed by atoms with Crippen molar-refractivity contribution in [2.24, 2.45) is 0 Å². The molecule has 0 amide bonds. The second-order valence-electron chi connectivity index (χ2n) is 6.18. The van der Waals surface area contributed by atoms with Crippen LogP contribution in [0.2, 0.25) is 0 Å². The number of benzene rings is 1. The first-order valence-electron chi connectivity index (χ1n) is 8.21. The Morgan fingerprint density at radius 2 is 0.765 bits per heavy atom. The minimum Gasteiger partial charge on any atom is -0.431 e. The van der Waals surface area contributed by atoms with Crippen molar-refractivity contribution in [2.45, 2.75) is 35.9 Å². The first kappa shape index (κ1) is 28.8. The summed E-state index contributed by atoms with van der Waals surface area (Å²) in [5.41, 5.74) is -15.2. The summed E-state index contributed by atoms with van der Waals surface area (Å²) < 4.78 is 169. The van der Waals surface area contributed by atoms with E-state index in [9.17, 15) is 62.3 Å². The summed E-state index contributed by atoms with van der Waals surface area (Å²) in [5, 5.41) is 0. The lowest BCUT2D eigenvalue weighted by Crippen LogP contribution is -2.57. The minimum absolute atomic E-state index is 0.0896. The molecule has 0 N–H and O–H groups in total. The molecule has 0 aliphatic rings. The number of hydrogen-bond donors (Lipinski definition) is 0. The van der Waals surface area contributed by atoms with Crippen LogP contribution in [0.3, 0.4) is 0 Å². The molecule has 190 valence electrons. The first-order chi connectivity index (χ1) is 15.1. The van der Waals surface area contributed by atoms with Crippen LogP contribution in [0.5, 0.6) is 0 Å². The van der Waals surface area contributed by atoms with E-state index in [1.807, 2.05) is 0 Å². The van der Waals surface area contributed by atoms with Gasteiger partial charge in [-0.1, -0.05) is 37.4 Å². The molecule has 0 saturated heterocycles. The van der Waals surface area contributed by atoms with Crippen LogP contribution < -0.4 is 0 Å². The zero-order chi connectivity index (χ0) is 27.0. The Morgan fingerprint density at radius 1 is 0.559 bits per heavy atom. The van der Waals surface area contributed by atoms with Crippen LogP contribution in [0.25, 0.3) is 0 Å². The maximum Gasteiger partial charge on any atom is 0.442 e. The lowest BCUT2D eigenvalue weighted by Gasteiger charge is -2.38. The van der Waals surface area contributed by atoms with E-state index < -0.39 is 83.2 Å². The Bertz CT molecular complexity index is 831. The topological polar surface area (TPSA) is 52.6 Å². The number of rotatable bonds is 6. The van der Waals surface area contributed by atoms with E-state index in [0.717, 1.165) is 0 Å². The van der Waals surface area contributed by atoms with Crippen LogP contribution in [-0.2, 0) is 30.3 Å². The number of hydrogen-bond acceptors (Lipinski definition) is 4. The van der Waals surface area contributed by atoms with Crippen molar-refractivity contribution >= 4 is 11.9 Å². The van der Waals surface area contributed by atoms with Gasteiger partial charge in [0.15, 0.2) is 0 Å². The number of esters is 2. The number of carbonyl (C=O) groups is 2. The molecule has 0 aliphatic carbocycles. The fourth-order valence-corrected chi connectivity index (χ4v) is 2.65. The highest BCUT2D eigenvalue weighted by Gasteiger charge is 2.77. The predicted octanol–water partition coefficient (Wildman–Crippen LogP) is 5.78. The Balaban J connectivity index is 3.98. The summed E-state index contributed by atoms with van der Waals surface area (Å²) in [4.78, 5) is 22.5. The van der Waals surface area contributed by atoms with Gasteiger partial charge in [0.05, 0.1) is 0 Å². The largest absolute Gasteiger partial charge is 0.442 e. The average Bonchev–Trinajstić information content (AvgIpc) is 2.66. The third-order valence-corrected chi connectivity index (χ3v) is 4.14. The second-order valence-corrected chi connectivity index (χ2v) is 6.18. The summed E-state index contributed by atoms with van der Waals surface area (Å²) in [6, 6.07) is -1.78. The van der Waals surface area contributed by atoms with E-state index in [1.54, 1.807) is 0 Å². The smallest absolute Gasteiger partial charge is 0.431 e. The number of alkyl halides is 12. The molecule has 0 bridgehead atoms. The van der Waals surface area contributed by atoms with E-state index in [4.69, 9.17) is 0 Å². The number of ether oxygens (including phenoxy) is 2. The highest BCUT2D eigenvalue weighted by atomic mass is 19.4. The molecule has 0 aromatic heterocycles. The van der Waals surface area contributed by atoms with Crippen molar-refractivity contribution in [1.82, 2.24) is 0 Å². The zero-order valence-corrected chi connectivity index (χ0v) is 16.0. The Labute approximate surface area is 181 Å². The van der Waals surface area contributed by atoms with Gasteiger partial charge in [0.2, 0.25) is 0 Å². The van der Waals surface area contributed by atoms with Gasteiger partial charge in [0, 0.05) is 23.3 Å². The van der Waals surface area contributed by atoms with Crippen molar-refractivity contribution in [3.63, 3.8) is 0 Å². The second kappa shape index (κ2) is 8.87. The molecule has 34 heavy (non-hydrogen) atoms. The molecule has 16 heteroatoms. The molecule has 0 unspecified atom stereocenters. The van der Waals surface area contributed by atoms with Gasteiger partial charge in [-0.15, -0.1) is 0 Å². The summed E-state index contributed by atoms with van der Waals surface area (Å²) in [6.07, 6.45) is -26.2. The molecular formula is C18H10F12O4. The van der Waals surface area contributed by atoms with Crippen LogP contribution in [0.4, 0.5) is 52.7 Å². The van der Waals surface area contributed by atoms with Gasteiger partial charge in [-0.05, 0) is 0 Å². The van der Waals surface area contributed by atoms with E-state index >= 15 is 0 Å². The van der Waals surface area contributed by atoms with Crippen molar-refractivity contribution < 1.29 is 71.7 Å². The SMILES string of the molecule is C=CC(=O)OC(c1ccc(C(OC(=O)C=C)(C(F)(F)F)C(F)(F)F)cc1)(C(F)(F)F)C(F)(F)F. The van der Waals surface area contributed by atoms with E-state index in [2.05, 4.69) is 22.6 Å². The predicted molar refractivity (Wildman–Crippen MR) is 86.6 cm³/mol. The average molecular weight is 518 g/mol. The molecule has 0 heterocycles. The summed E-state index contributed by atoms with van der Waals surface area (Å²) in [6.45, 7) is 5.25. The fraction of sp³-hybridized carbons (Fsp3) is 0.333. The van der Waals surface area contributed by atoms with Crippen LogP contribution >= 0.6 is 0 Å². The Hall–Kier alpha value is -3.20. The molecule has 0 spiro atoms. The zero-order valence-electron chi connectivity index (χ0n) is 16.0. The quantitative estimate of drug-likeness (QED) is 0.272. The van der Waals surface area contributed by atoms with Crippen LogP contribution in [0.15, 0.2) is 49.6 Å². The highest BCUT2D eigenvalue weighted by Crippen LogP contribution is 2.56. The Morgan fingerprint density at radius 3 is 0.912 bits per heavy atom. The normalized spacial score (nSPS) is 13.8. The van der Waals surface area contributed by atoms with Gasteiger partial charge in [0.25, 0.3) is 0 Å². The van der Waals surface area contributed by atoms with Crippen molar-refractivity contribution in [3.8, 4) is 0 Å². The molecule has 0 saturated carbocycles. The number of halogens is 12. The molecule has 0 radical (unpaired) electrons. The molecule has 0 atom stereocenters. The molecule has 1 aromatic rings. The lowest BCUT2D eigenvalue weighted by molar-refractivity contribution is -0.378. The molecule has 0 aliphatic heterocycles. The first-order valence-corrected chi connectivity index (χ1v) is 8.21. The van der Waals surface area contributed by atoms with E-state index in [1.165, 1.54) is 0 Å². The van der Waals surface area contributed by atoms with Gasteiger partial charge < -0.3 is 9.47 Å². The standard InChI is InChI=1S/C18H10F12O4/c1-3-11(31)33-13(15(19,20)21,16(22,23)24)9-5-7-10(8-6-9)14(17(25,26)27,18(28,29)30)34-12(32)4-2/h3-8H,1-2H2. The third kappa shape index (κ3) is 4.70. The van der Waals surface area contributed by atoms with Crippen LogP contribution in [0.1, 0.15) is 11.1 Å². The minimum atomic E-state index is -6.49. The maximum absolute atomic E-state index is 13.5. The van der Waals surface area contributed by atoms with E-state index in [-0.39, 0.29) is 12.2 Å². The van der Waals surface area contributed by atoms with Crippen molar-refractivity contribution in [1.29, 1.82) is 0 Å². The van der Waals surface area contributed by atoms with Gasteiger partial charge in [-0.3, -0.25) is 0 Å². The number of carbonyl (C=O) groups excluding carboxylic acids is 2. The molecule has 1 rings (SSSR count). The van der Waals surface area contributed by atoms with Crippen LogP contribution in [0, 0.1) is 0 Å². The van der Waals surface area contributed by atoms with Crippen molar-refractivity contribution in [3.05, 3.63) is 60.7 Å². The highest BCUT2D eigenvalue weighted by molar-refractivity contribution is 5.82. The van der Waals surface area contributed by atoms with Crippen LogP contribution in [-0.4, -0.2) is 36.6 Å². The van der Waals surface area contributed by atoms with Gasteiger partial charge in [-0.25, -0.2) is 9.59 Å². The van der Waals surface area contributed by atoms with Gasteiger partial charge >= 0.3 is 47.8 Å². The Kier molecular flexibility index (Phi) is 7.52. The van der Waals surface area contributed by atoms with E-state index in [0.29, 0.717) is 0 Å². The van der Waals surface area contributed by atoms with Gasteiger partial charge in [-0.2, -0.15) is 52.7 Å². The van der Waals surface area contributed by atoms with Gasteiger partial charge in [0.1, 0.15) is 0 Å². The lowest BCUT2D eigenvalue weighted by atomic mass is 9.86. The fourth-order valence-electron chi connectivity index (χ4n) is 2.65.